The number of benzene rings is 1. The second kappa shape index (κ2) is 7.15. The molecule has 0 heterocycles. The normalized spacial score (nSPS) is 9.58. The Kier molecular flexibility index (Phi) is 5.53. The van der Waals surface area contributed by atoms with Crippen molar-refractivity contribution < 1.29 is 23.9 Å². The van der Waals surface area contributed by atoms with Crippen LogP contribution in [0.2, 0.25) is 0 Å². The van der Waals surface area contributed by atoms with Crippen molar-refractivity contribution >= 4 is 17.8 Å². The molecule has 0 saturated heterocycles. The summed E-state index contributed by atoms with van der Waals surface area (Å²) in [7, 11) is 2.43. The number of hydrogen-bond donors (Lipinski definition) is 0. The highest BCUT2D eigenvalue weighted by Gasteiger charge is 2.21. The van der Waals surface area contributed by atoms with Crippen LogP contribution in [0.5, 0.6) is 0 Å². The summed E-state index contributed by atoms with van der Waals surface area (Å²) < 4.78 is 8.99. The van der Waals surface area contributed by atoms with Crippen LogP contribution in [0.1, 0.15) is 10.4 Å². The number of carbonyl (C=O) groups is 3. The monoisotopic (exact) mass is 265 g/mol. The van der Waals surface area contributed by atoms with Crippen LogP contribution in [-0.2, 0) is 19.1 Å². The van der Waals surface area contributed by atoms with Gasteiger partial charge in [0.2, 0.25) is 0 Å². The van der Waals surface area contributed by atoms with Crippen LogP contribution in [-0.4, -0.2) is 50.1 Å². The molecule has 0 unspecified atom stereocenters. The molecule has 1 amide bonds. The van der Waals surface area contributed by atoms with Crippen molar-refractivity contribution in [1.29, 1.82) is 0 Å². The molecule has 0 aliphatic carbocycles. The van der Waals surface area contributed by atoms with Gasteiger partial charge < -0.3 is 14.4 Å². The molecule has 19 heavy (non-hydrogen) atoms. The van der Waals surface area contributed by atoms with Gasteiger partial charge in [0.25, 0.3) is 5.91 Å². The highest BCUT2D eigenvalue weighted by atomic mass is 16.5. The number of nitrogens with zero attached hydrogens (tertiary/aromatic N) is 1. The van der Waals surface area contributed by atoms with Crippen LogP contribution in [0.25, 0.3) is 0 Å². The van der Waals surface area contributed by atoms with Gasteiger partial charge in [-0.05, 0) is 12.1 Å². The standard InChI is InChI=1S/C13H15NO5/c1-18-11(15)8-14(9-12(16)19-2)13(17)10-6-4-3-5-7-10/h3-7H,8-9H2,1-2H3. The first-order valence-electron chi connectivity index (χ1n) is 5.56. The molecule has 0 aliphatic heterocycles. The van der Waals surface area contributed by atoms with Crippen molar-refractivity contribution in [3.8, 4) is 0 Å². The Morgan fingerprint density at radius 2 is 1.42 bits per heavy atom. The van der Waals surface area contributed by atoms with Crippen LogP contribution in [0, 0.1) is 0 Å². The fraction of sp³-hybridized carbons (Fsp3) is 0.308. The summed E-state index contributed by atoms with van der Waals surface area (Å²) in [4.78, 5) is 35.8. The van der Waals surface area contributed by atoms with Gasteiger partial charge in [0.15, 0.2) is 0 Å². The highest BCUT2D eigenvalue weighted by molar-refractivity contribution is 5.97. The maximum Gasteiger partial charge on any atom is 0.325 e. The Morgan fingerprint density at radius 1 is 0.947 bits per heavy atom. The number of methoxy groups -OCH3 is 2. The Labute approximate surface area is 110 Å². The first-order valence-corrected chi connectivity index (χ1v) is 5.56. The highest BCUT2D eigenvalue weighted by Crippen LogP contribution is 2.05. The lowest BCUT2D eigenvalue weighted by Gasteiger charge is -2.20. The van der Waals surface area contributed by atoms with Crippen LogP contribution in [0.4, 0.5) is 0 Å². The first kappa shape index (κ1) is 14.7. The molecule has 0 aliphatic rings. The molecule has 0 spiro atoms. The predicted octanol–water partition coefficient (Wildman–Crippen LogP) is 0.475. The van der Waals surface area contributed by atoms with Crippen molar-refractivity contribution in [2.75, 3.05) is 27.3 Å². The fourth-order valence-corrected chi connectivity index (χ4v) is 1.40. The predicted molar refractivity (Wildman–Crippen MR) is 66.4 cm³/mol. The SMILES string of the molecule is COC(=O)CN(CC(=O)OC)C(=O)c1ccccc1. The smallest absolute Gasteiger partial charge is 0.325 e. The zero-order chi connectivity index (χ0) is 14.3. The summed E-state index contributed by atoms with van der Waals surface area (Å²) in [5.41, 5.74) is 0.385. The van der Waals surface area contributed by atoms with Gasteiger partial charge in [-0.3, -0.25) is 14.4 Å². The van der Waals surface area contributed by atoms with Crippen molar-refractivity contribution in [3.05, 3.63) is 35.9 Å². The summed E-state index contributed by atoms with van der Waals surface area (Å²) in [6.07, 6.45) is 0. The first-order chi connectivity index (χ1) is 9.08. The summed E-state index contributed by atoms with van der Waals surface area (Å²) in [5.74, 6) is -1.64. The minimum absolute atomic E-state index is 0.306. The maximum atomic E-state index is 12.2. The Hall–Kier alpha value is -2.37. The molecule has 6 heteroatoms. The van der Waals surface area contributed by atoms with Gasteiger partial charge in [-0.2, -0.15) is 0 Å². The van der Waals surface area contributed by atoms with Gasteiger partial charge in [-0.25, -0.2) is 0 Å². The van der Waals surface area contributed by atoms with E-state index in [0.717, 1.165) is 4.90 Å². The van der Waals surface area contributed by atoms with Crippen LogP contribution < -0.4 is 0 Å². The van der Waals surface area contributed by atoms with E-state index in [0.29, 0.717) is 5.56 Å². The van der Waals surface area contributed by atoms with E-state index >= 15 is 0 Å². The second-order valence-electron chi connectivity index (χ2n) is 3.68. The lowest BCUT2D eigenvalue weighted by atomic mass is 10.2. The Morgan fingerprint density at radius 3 is 1.84 bits per heavy atom. The summed E-state index contributed by atoms with van der Waals surface area (Å²) in [6, 6.07) is 8.36. The van der Waals surface area contributed by atoms with Gasteiger partial charge in [-0.1, -0.05) is 18.2 Å². The topological polar surface area (TPSA) is 72.9 Å². The Bertz CT molecular complexity index is 439. The van der Waals surface area contributed by atoms with E-state index < -0.39 is 17.8 Å². The summed E-state index contributed by atoms with van der Waals surface area (Å²) in [6.45, 7) is -0.612. The molecule has 6 nitrogen and oxygen atoms in total. The molecule has 0 N–H and O–H groups in total. The lowest BCUT2D eigenvalue weighted by molar-refractivity contribution is -0.144. The molecular formula is C13H15NO5. The van der Waals surface area contributed by atoms with Crippen LogP contribution in [0.3, 0.4) is 0 Å². The van der Waals surface area contributed by atoms with E-state index in [4.69, 9.17) is 0 Å². The zero-order valence-corrected chi connectivity index (χ0v) is 10.8. The maximum absolute atomic E-state index is 12.2. The van der Waals surface area contributed by atoms with Gasteiger partial charge >= 0.3 is 11.9 Å². The average molecular weight is 265 g/mol. The van der Waals surface area contributed by atoms with E-state index in [2.05, 4.69) is 9.47 Å². The van der Waals surface area contributed by atoms with Gasteiger partial charge in [-0.15, -0.1) is 0 Å². The van der Waals surface area contributed by atoms with Crippen LogP contribution >= 0.6 is 0 Å². The largest absolute Gasteiger partial charge is 0.468 e. The molecule has 0 bridgehead atoms. The number of ether oxygens (including phenoxy) is 2. The number of rotatable bonds is 5. The minimum atomic E-state index is -0.604. The number of carbonyl (C=O) groups excluding carboxylic acids is 3. The van der Waals surface area contributed by atoms with Crippen molar-refractivity contribution in [2.24, 2.45) is 0 Å². The van der Waals surface area contributed by atoms with Crippen molar-refractivity contribution in [3.63, 3.8) is 0 Å². The number of hydrogen-bond acceptors (Lipinski definition) is 5. The summed E-state index contributed by atoms with van der Waals surface area (Å²) in [5, 5.41) is 0. The van der Waals surface area contributed by atoms with E-state index in [9.17, 15) is 14.4 Å². The molecule has 0 fully saturated rings. The molecule has 0 saturated carbocycles. The fourth-order valence-electron chi connectivity index (χ4n) is 1.40. The lowest BCUT2D eigenvalue weighted by Crippen LogP contribution is -2.40. The number of esters is 2. The third kappa shape index (κ3) is 4.42. The van der Waals surface area contributed by atoms with Gasteiger partial charge in [0.1, 0.15) is 13.1 Å². The van der Waals surface area contributed by atoms with Gasteiger partial charge in [0.05, 0.1) is 14.2 Å². The second-order valence-corrected chi connectivity index (χ2v) is 3.68. The minimum Gasteiger partial charge on any atom is -0.468 e. The molecule has 1 aromatic rings. The third-order valence-corrected chi connectivity index (χ3v) is 2.40. The summed E-state index contributed by atoms with van der Waals surface area (Å²) >= 11 is 0. The van der Waals surface area contributed by atoms with Crippen LogP contribution in [0.15, 0.2) is 30.3 Å². The molecule has 0 aromatic heterocycles. The molecule has 1 aromatic carbocycles. The molecule has 1 rings (SSSR count). The number of amides is 1. The van der Waals surface area contributed by atoms with E-state index in [-0.39, 0.29) is 13.1 Å². The average Bonchev–Trinajstić information content (AvgIpc) is 2.46. The molecular weight excluding hydrogens is 250 g/mol. The van der Waals surface area contributed by atoms with E-state index in [1.165, 1.54) is 14.2 Å². The van der Waals surface area contributed by atoms with E-state index in [1.54, 1.807) is 30.3 Å². The van der Waals surface area contributed by atoms with Crippen molar-refractivity contribution in [2.45, 2.75) is 0 Å². The van der Waals surface area contributed by atoms with E-state index in [1.807, 2.05) is 0 Å². The molecule has 102 valence electrons. The molecule has 0 radical (unpaired) electrons. The quantitative estimate of drug-likeness (QED) is 0.724. The molecule has 0 atom stereocenters. The third-order valence-electron chi connectivity index (χ3n) is 2.40. The van der Waals surface area contributed by atoms with Crippen molar-refractivity contribution in [1.82, 2.24) is 4.90 Å². The van der Waals surface area contributed by atoms with Gasteiger partial charge in [0, 0.05) is 5.56 Å². The Balaban J connectivity index is 2.86. The zero-order valence-electron chi connectivity index (χ0n) is 10.8.